The van der Waals surface area contributed by atoms with Crippen molar-refractivity contribution in [3.05, 3.63) is 193 Å². The maximum Gasteiger partial charge on any atom is 0.148 e. The minimum absolute atomic E-state index is 0.0855. The van der Waals surface area contributed by atoms with Crippen LogP contribution in [0.2, 0.25) is 78.6 Å². The van der Waals surface area contributed by atoms with Crippen molar-refractivity contribution in [2.45, 2.75) is 78.6 Å². The molecule has 0 aliphatic carbocycles. The maximum atomic E-state index is 17.2. The van der Waals surface area contributed by atoms with Crippen molar-refractivity contribution in [3.8, 4) is 22.3 Å². The number of halogens is 4. The Balaban J connectivity index is 1.17. The lowest BCUT2D eigenvalue weighted by atomic mass is 9.91. The molecular weight excluding hydrogens is 985 g/mol. The van der Waals surface area contributed by atoms with Crippen molar-refractivity contribution in [1.29, 1.82) is 0 Å². The molecule has 0 heterocycles. The van der Waals surface area contributed by atoms with Crippen LogP contribution in [-0.2, 0) is 0 Å². The number of hydrogen-bond acceptors (Lipinski definition) is 2. The molecule has 0 aliphatic heterocycles. The minimum atomic E-state index is -1.72. The summed E-state index contributed by atoms with van der Waals surface area (Å²) >= 11 is 0. The van der Waals surface area contributed by atoms with Gasteiger partial charge in [0.2, 0.25) is 0 Å². The molecule has 2 nitrogen and oxygen atoms in total. The third-order valence-corrected chi connectivity index (χ3v) is 23.0. The highest BCUT2D eigenvalue weighted by atomic mass is 28.3. The molecule has 10 rings (SSSR count). The number of rotatable bonds is 12. The summed E-state index contributed by atoms with van der Waals surface area (Å²) in [6.45, 7) is 27.3. The number of benzene rings is 10. The lowest BCUT2D eigenvalue weighted by Crippen LogP contribution is -2.37. The van der Waals surface area contributed by atoms with Crippen LogP contribution in [0, 0.1) is 23.3 Å². The van der Waals surface area contributed by atoms with E-state index < -0.39 is 55.6 Å². The van der Waals surface area contributed by atoms with Gasteiger partial charge in [-0.05, 0) is 81.2 Å². The SMILES string of the molecule is C[Si](C)(C)c1ccc(-c2cc(F)c(N(c3ccc([Si](C)(C)C)cc3)c3ccc4ccc5c(N(c6ccc([Si](C)(C)C)cc6)c6cc(F)c(-c7ccc([Si](C)(C)C)cc7)cc6F)ccc6ccc3c4c65)cc2F)cc1. The zero-order valence-electron chi connectivity index (χ0n) is 44.6. The van der Waals surface area contributed by atoms with Gasteiger partial charge in [0.25, 0.3) is 0 Å². The van der Waals surface area contributed by atoms with E-state index in [-0.39, 0.29) is 22.5 Å². The van der Waals surface area contributed by atoms with E-state index in [9.17, 15) is 0 Å². The quantitative estimate of drug-likeness (QED) is 0.0683. The summed E-state index contributed by atoms with van der Waals surface area (Å²) in [5, 5.41) is 10.4. The zero-order valence-corrected chi connectivity index (χ0v) is 48.6. The largest absolute Gasteiger partial charge is 0.307 e. The fraction of sp³-hybridized carbons (Fsp3) is 0.188. The molecule has 0 amide bonds. The van der Waals surface area contributed by atoms with Crippen LogP contribution in [-0.4, -0.2) is 32.3 Å². The molecule has 10 heteroatoms. The van der Waals surface area contributed by atoms with Gasteiger partial charge in [0.15, 0.2) is 0 Å². The summed E-state index contributed by atoms with van der Waals surface area (Å²) in [7, 11) is -6.68. The van der Waals surface area contributed by atoms with Crippen molar-refractivity contribution in [3.63, 3.8) is 0 Å². The van der Waals surface area contributed by atoms with E-state index in [0.717, 1.165) is 32.3 Å². The standard InChI is InChI=1S/C64H64F4N2Si4/c1-71(2,3)47-25-13-41(14-26-47)53-37-57(67)61(39-55(53)65)69(45-21-29-49(30-22-45)73(7,8)9)59-35-19-43-18-34-52-60(36-20-44-17-33-51(59)63(43)64(44)52)70(46-23-31-50(32-24-46)74(10,11)12)62-40-56(66)54(38-58(62)68)42-15-27-48(28-16-42)72(4,5)6/h13-40H,1-12H3. The molecule has 0 fully saturated rings. The average molecular weight is 1050 g/mol. The molecule has 0 saturated carbocycles. The van der Waals surface area contributed by atoms with Crippen LogP contribution in [0.1, 0.15) is 0 Å². The summed E-state index contributed by atoms with van der Waals surface area (Å²) < 4.78 is 68.0. The zero-order chi connectivity index (χ0) is 52.8. The van der Waals surface area contributed by atoms with Crippen molar-refractivity contribution in [2.75, 3.05) is 9.80 Å². The average Bonchev–Trinajstić information content (AvgIpc) is 3.37. The Hall–Kier alpha value is -6.57. The molecule has 10 aromatic carbocycles. The topological polar surface area (TPSA) is 6.48 Å². The van der Waals surface area contributed by atoms with E-state index in [1.54, 1.807) is 0 Å². The first-order valence-electron chi connectivity index (χ1n) is 25.6. The first-order chi connectivity index (χ1) is 34.9. The minimum Gasteiger partial charge on any atom is -0.307 e. The first-order valence-corrected chi connectivity index (χ1v) is 39.6. The Labute approximate surface area is 438 Å². The Morgan fingerprint density at radius 3 is 0.865 bits per heavy atom. The van der Waals surface area contributed by atoms with Gasteiger partial charge in [-0.1, -0.05) is 209 Å². The van der Waals surface area contributed by atoms with Crippen LogP contribution in [0.3, 0.4) is 0 Å². The highest BCUT2D eigenvalue weighted by Gasteiger charge is 2.28. The fourth-order valence-electron chi connectivity index (χ4n) is 10.4. The molecule has 0 atom stereocenters. The van der Waals surface area contributed by atoms with Crippen LogP contribution >= 0.6 is 0 Å². The van der Waals surface area contributed by atoms with Crippen molar-refractivity contribution >= 4 is 119 Å². The summed E-state index contributed by atoms with van der Waals surface area (Å²) in [5.41, 5.74) is 4.53. The van der Waals surface area contributed by atoms with E-state index in [2.05, 4.69) is 127 Å². The van der Waals surface area contributed by atoms with Gasteiger partial charge in [-0.3, -0.25) is 0 Å². The number of hydrogen-bond donors (Lipinski definition) is 0. The molecule has 0 aromatic heterocycles. The summed E-state index contributed by atoms with van der Waals surface area (Å²) in [6, 6.07) is 53.8. The van der Waals surface area contributed by atoms with Gasteiger partial charge in [-0.2, -0.15) is 0 Å². The molecule has 0 unspecified atom stereocenters. The monoisotopic (exact) mass is 1050 g/mol. The van der Waals surface area contributed by atoms with Crippen LogP contribution < -0.4 is 30.5 Å². The Kier molecular flexibility index (Phi) is 12.8. The molecule has 0 bridgehead atoms. The molecular formula is C64H64F4N2Si4. The van der Waals surface area contributed by atoms with E-state index in [1.165, 1.54) is 45.0 Å². The van der Waals surface area contributed by atoms with Gasteiger partial charge in [0.05, 0.1) is 55.0 Å². The third-order valence-electron chi connectivity index (χ3n) is 14.8. The maximum absolute atomic E-state index is 17.2. The second-order valence-corrected chi connectivity index (χ2v) is 44.4. The van der Waals surface area contributed by atoms with Crippen LogP contribution in [0.25, 0.3) is 54.6 Å². The van der Waals surface area contributed by atoms with Crippen LogP contribution in [0.4, 0.5) is 51.7 Å². The summed E-state index contributed by atoms with van der Waals surface area (Å²) in [5.74, 6) is -2.17. The molecule has 0 radical (unpaired) electrons. The highest BCUT2D eigenvalue weighted by Crippen LogP contribution is 2.49. The summed E-state index contributed by atoms with van der Waals surface area (Å²) in [4.78, 5) is 3.67. The fourth-order valence-corrected chi connectivity index (χ4v) is 15.0. The molecule has 374 valence electrons. The molecule has 10 aromatic rings. The Morgan fingerprint density at radius 2 is 0.568 bits per heavy atom. The van der Waals surface area contributed by atoms with Crippen molar-refractivity contribution < 1.29 is 17.6 Å². The molecule has 0 spiro atoms. The van der Waals surface area contributed by atoms with Gasteiger partial charge >= 0.3 is 0 Å². The Morgan fingerprint density at radius 1 is 0.284 bits per heavy atom. The predicted molar refractivity (Wildman–Crippen MR) is 322 cm³/mol. The first kappa shape index (κ1) is 50.9. The Bertz CT molecular complexity index is 3490. The number of anilines is 6. The van der Waals surface area contributed by atoms with Gasteiger partial charge in [0.1, 0.15) is 23.3 Å². The molecule has 74 heavy (non-hydrogen) atoms. The number of nitrogens with zero attached hydrogens (tertiary/aromatic N) is 2. The van der Waals surface area contributed by atoms with Gasteiger partial charge in [-0.25, -0.2) is 17.6 Å². The van der Waals surface area contributed by atoms with Crippen LogP contribution in [0.15, 0.2) is 170 Å². The lowest BCUT2D eigenvalue weighted by molar-refractivity contribution is 0.604. The third kappa shape index (κ3) is 9.46. The van der Waals surface area contributed by atoms with E-state index in [1.807, 2.05) is 107 Å². The smallest absolute Gasteiger partial charge is 0.148 e. The molecule has 0 aliphatic rings. The van der Waals surface area contributed by atoms with E-state index in [0.29, 0.717) is 33.9 Å². The normalized spacial score (nSPS) is 12.6. The molecule has 0 saturated heterocycles. The highest BCUT2D eigenvalue weighted by molar-refractivity contribution is 6.90. The van der Waals surface area contributed by atoms with Crippen LogP contribution in [0.5, 0.6) is 0 Å². The van der Waals surface area contributed by atoms with E-state index >= 15 is 17.6 Å². The molecule has 0 N–H and O–H groups in total. The van der Waals surface area contributed by atoms with E-state index in [4.69, 9.17) is 0 Å². The van der Waals surface area contributed by atoms with Gasteiger partial charge in [-0.15, -0.1) is 0 Å². The predicted octanol–water partition coefficient (Wildman–Crippen LogP) is 17.6. The van der Waals surface area contributed by atoms with Gasteiger partial charge in [0, 0.05) is 45.4 Å². The van der Waals surface area contributed by atoms with Crippen molar-refractivity contribution in [1.82, 2.24) is 0 Å². The second-order valence-electron chi connectivity index (χ2n) is 24.1. The lowest BCUT2D eigenvalue weighted by Gasteiger charge is -2.30. The van der Waals surface area contributed by atoms with Crippen molar-refractivity contribution in [2.24, 2.45) is 0 Å². The summed E-state index contributed by atoms with van der Waals surface area (Å²) in [6.07, 6.45) is 0. The van der Waals surface area contributed by atoms with Gasteiger partial charge < -0.3 is 9.80 Å². The second kappa shape index (κ2) is 18.7.